The minimum Gasteiger partial charge on any atom is -0.192 e. The first kappa shape index (κ1) is 27.6. The number of fused-ring (bicyclic) bond motifs is 4. The van der Waals surface area contributed by atoms with E-state index in [0.29, 0.717) is 11.1 Å². The lowest BCUT2D eigenvalue weighted by molar-refractivity contribution is 1.43. The van der Waals surface area contributed by atoms with Crippen molar-refractivity contribution in [3.8, 4) is 78.9 Å². The van der Waals surface area contributed by atoms with Crippen LogP contribution >= 0.6 is 0 Å². The number of nitrogens with zero attached hydrogens (tertiary/aromatic N) is 2. The summed E-state index contributed by atoms with van der Waals surface area (Å²) >= 11 is 0. The molecule has 0 saturated carbocycles. The van der Waals surface area contributed by atoms with E-state index in [-0.39, 0.29) is 0 Å². The molecule has 0 bridgehead atoms. The van der Waals surface area contributed by atoms with Gasteiger partial charge in [-0.15, -0.1) is 0 Å². The maximum absolute atomic E-state index is 9.55. The van der Waals surface area contributed by atoms with Gasteiger partial charge in [-0.3, -0.25) is 0 Å². The van der Waals surface area contributed by atoms with Gasteiger partial charge in [0.2, 0.25) is 0 Å². The highest BCUT2D eigenvalue weighted by molar-refractivity contribution is 6.28. The maximum atomic E-state index is 9.55. The Labute approximate surface area is 279 Å². The van der Waals surface area contributed by atoms with Crippen molar-refractivity contribution in [3.05, 3.63) is 169 Å². The van der Waals surface area contributed by atoms with Crippen molar-refractivity contribution in [2.75, 3.05) is 0 Å². The van der Waals surface area contributed by atoms with Gasteiger partial charge in [0.25, 0.3) is 0 Å². The number of benzene rings is 8. The van der Waals surface area contributed by atoms with Crippen molar-refractivity contribution < 1.29 is 0 Å². The molecule has 0 spiro atoms. The van der Waals surface area contributed by atoms with E-state index >= 15 is 0 Å². The van der Waals surface area contributed by atoms with E-state index in [4.69, 9.17) is 0 Å². The van der Waals surface area contributed by atoms with Gasteiger partial charge in [-0.05, 0) is 100 Å². The molecule has 1 aliphatic rings. The summed E-state index contributed by atoms with van der Waals surface area (Å²) in [5, 5.41) is 23.9. The smallest absolute Gasteiger partial charge is 0.101 e. The van der Waals surface area contributed by atoms with Crippen LogP contribution in [-0.4, -0.2) is 0 Å². The van der Waals surface area contributed by atoms with Crippen LogP contribution in [0.1, 0.15) is 11.1 Å². The quantitative estimate of drug-likeness (QED) is 0.200. The van der Waals surface area contributed by atoms with Crippen LogP contribution < -0.4 is 0 Å². The van der Waals surface area contributed by atoms with Crippen LogP contribution in [0.5, 0.6) is 0 Å². The molecular formula is C46H26N2. The molecule has 2 nitrogen and oxygen atoms in total. The summed E-state index contributed by atoms with van der Waals surface area (Å²) in [6.07, 6.45) is 0. The van der Waals surface area contributed by atoms with Crippen molar-refractivity contribution in [2.45, 2.75) is 0 Å². The van der Waals surface area contributed by atoms with Crippen molar-refractivity contribution in [1.29, 1.82) is 10.5 Å². The third kappa shape index (κ3) is 4.11. The van der Waals surface area contributed by atoms with E-state index in [0.717, 1.165) is 16.7 Å². The molecule has 0 N–H and O–H groups in total. The van der Waals surface area contributed by atoms with E-state index in [1.165, 1.54) is 71.6 Å². The molecule has 0 saturated heterocycles. The molecule has 2 heteroatoms. The van der Waals surface area contributed by atoms with Crippen molar-refractivity contribution >= 4 is 21.5 Å². The fraction of sp³-hybridized carbons (Fsp3) is 0. The maximum Gasteiger partial charge on any atom is 0.101 e. The predicted molar refractivity (Wildman–Crippen MR) is 197 cm³/mol. The van der Waals surface area contributed by atoms with Crippen molar-refractivity contribution in [2.24, 2.45) is 0 Å². The molecule has 1 aliphatic carbocycles. The molecule has 0 amide bonds. The standard InChI is InChI=1S/C46H26N2/c47-27-34-23-22-33(26-35(34)28-48)29-18-20-30(21-19-29)36-24-25-41-44-37(36)16-9-17-40(44)45-42(31-10-3-1-4-11-31)38-14-7-8-15-39(38)43(46(41)45)32-12-5-2-6-13-32/h1-26H. The van der Waals surface area contributed by atoms with E-state index < -0.39 is 0 Å². The van der Waals surface area contributed by atoms with Crippen LogP contribution in [0.15, 0.2) is 158 Å². The first-order valence-electron chi connectivity index (χ1n) is 16.1. The van der Waals surface area contributed by atoms with Crippen LogP contribution in [0.3, 0.4) is 0 Å². The third-order valence-electron chi connectivity index (χ3n) is 9.71. The van der Waals surface area contributed by atoms with Gasteiger partial charge in [0, 0.05) is 0 Å². The van der Waals surface area contributed by atoms with Gasteiger partial charge in [-0.25, -0.2) is 0 Å². The van der Waals surface area contributed by atoms with Gasteiger partial charge < -0.3 is 0 Å². The van der Waals surface area contributed by atoms with Gasteiger partial charge in [0.15, 0.2) is 0 Å². The molecule has 0 atom stereocenters. The summed E-state index contributed by atoms with van der Waals surface area (Å²) in [4.78, 5) is 0. The molecule has 220 valence electrons. The summed E-state index contributed by atoms with van der Waals surface area (Å²) in [5.41, 5.74) is 15.1. The molecule has 8 aromatic rings. The fourth-order valence-corrected chi connectivity index (χ4v) is 7.62. The molecular weight excluding hydrogens is 581 g/mol. The lowest BCUT2D eigenvalue weighted by Gasteiger charge is -2.20. The van der Waals surface area contributed by atoms with Gasteiger partial charge in [0.05, 0.1) is 11.1 Å². The van der Waals surface area contributed by atoms with Crippen LogP contribution in [0.2, 0.25) is 0 Å². The summed E-state index contributed by atoms with van der Waals surface area (Å²) in [5.74, 6) is 0. The average Bonchev–Trinajstić information content (AvgIpc) is 3.49. The topological polar surface area (TPSA) is 47.6 Å². The van der Waals surface area contributed by atoms with Gasteiger partial charge in [0.1, 0.15) is 12.1 Å². The van der Waals surface area contributed by atoms with Crippen molar-refractivity contribution in [3.63, 3.8) is 0 Å². The second kappa shape index (κ2) is 11.0. The lowest BCUT2D eigenvalue weighted by Crippen LogP contribution is -1.93. The largest absolute Gasteiger partial charge is 0.192 e. The second-order valence-corrected chi connectivity index (χ2v) is 12.2. The van der Waals surface area contributed by atoms with E-state index in [1.54, 1.807) is 12.1 Å². The molecule has 0 aromatic heterocycles. The highest BCUT2D eigenvalue weighted by atomic mass is 14.3. The fourth-order valence-electron chi connectivity index (χ4n) is 7.62. The van der Waals surface area contributed by atoms with Gasteiger partial charge in [-0.2, -0.15) is 10.5 Å². The summed E-state index contributed by atoms with van der Waals surface area (Å²) in [6, 6.07) is 60.0. The first-order chi connectivity index (χ1) is 23.7. The van der Waals surface area contributed by atoms with E-state index in [9.17, 15) is 10.5 Å². The van der Waals surface area contributed by atoms with Crippen LogP contribution in [0, 0.1) is 22.7 Å². The zero-order chi connectivity index (χ0) is 32.2. The SMILES string of the molecule is N#Cc1ccc(-c2ccc(-c3ccc4c5c(cccc35)-c3c-4c(-c4ccccc4)c4ccccc4c3-c3ccccc3)cc2)cc1C#N. The zero-order valence-electron chi connectivity index (χ0n) is 25.9. The highest BCUT2D eigenvalue weighted by Gasteiger charge is 2.31. The predicted octanol–water partition coefficient (Wildman–Crippen LogP) is 12.1. The molecule has 9 rings (SSSR count). The monoisotopic (exact) mass is 606 g/mol. The number of nitriles is 2. The number of rotatable bonds is 4. The number of hydrogen-bond acceptors (Lipinski definition) is 2. The van der Waals surface area contributed by atoms with E-state index in [2.05, 4.69) is 152 Å². The molecule has 0 aliphatic heterocycles. The second-order valence-electron chi connectivity index (χ2n) is 12.2. The highest BCUT2D eigenvalue weighted by Crippen LogP contribution is 2.58. The molecule has 48 heavy (non-hydrogen) atoms. The molecule has 0 unspecified atom stereocenters. The Balaban J connectivity index is 1.29. The normalized spacial score (nSPS) is 11.3. The summed E-state index contributed by atoms with van der Waals surface area (Å²) in [7, 11) is 0. The van der Waals surface area contributed by atoms with Crippen LogP contribution in [-0.2, 0) is 0 Å². The Morgan fingerprint density at radius 1 is 0.312 bits per heavy atom. The molecule has 0 radical (unpaired) electrons. The number of hydrogen-bond donors (Lipinski definition) is 0. The lowest BCUT2D eigenvalue weighted by atomic mass is 9.82. The molecule has 0 fully saturated rings. The van der Waals surface area contributed by atoms with Crippen LogP contribution in [0.4, 0.5) is 0 Å². The zero-order valence-corrected chi connectivity index (χ0v) is 25.9. The van der Waals surface area contributed by atoms with Crippen LogP contribution in [0.25, 0.3) is 88.3 Å². The Kier molecular flexibility index (Phi) is 6.29. The first-order valence-corrected chi connectivity index (χ1v) is 16.1. The van der Waals surface area contributed by atoms with Gasteiger partial charge in [-0.1, -0.05) is 146 Å². The van der Waals surface area contributed by atoms with Gasteiger partial charge >= 0.3 is 0 Å². The van der Waals surface area contributed by atoms with Crippen molar-refractivity contribution in [1.82, 2.24) is 0 Å². The third-order valence-corrected chi connectivity index (χ3v) is 9.71. The Morgan fingerprint density at radius 2 is 0.812 bits per heavy atom. The molecule has 0 heterocycles. The summed E-state index contributed by atoms with van der Waals surface area (Å²) < 4.78 is 0. The Morgan fingerprint density at radius 3 is 1.42 bits per heavy atom. The minimum atomic E-state index is 0.392. The average molecular weight is 607 g/mol. The summed E-state index contributed by atoms with van der Waals surface area (Å²) in [6.45, 7) is 0. The molecule has 8 aromatic carbocycles. The minimum absolute atomic E-state index is 0.392. The van der Waals surface area contributed by atoms with E-state index in [1.807, 2.05) is 6.07 Å². The Hall–Kier alpha value is -6.74. The Bertz CT molecular complexity index is 2560.